The third kappa shape index (κ3) is 4.09. The molecule has 7 heteroatoms. The van der Waals surface area contributed by atoms with Crippen LogP contribution in [0.25, 0.3) is 0 Å². The largest absolute Gasteiger partial charge is 0.345 e. The van der Waals surface area contributed by atoms with Crippen molar-refractivity contribution < 1.29 is 0 Å². The van der Waals surface area contributed by atoms with Crippen LogP contribution < -0.4 is 10.7 Å². The van der Waals surface area contributed by atoms with E-state index in [9.17, 15) is 4.79 Å². The van der Waals surface area contributed by atoms with Crippen LogP contribution in [-0.4, -0.2) is 27.0 Å². The summed E-state index contributed by atoms with van der Waals surface area (Å²) in [5.41, 5.74) is 5.01. The third-order valence-electron chi connectivity index (χ3n) is 5.62. The van der Waals surface area contributed by atoms with Crippen molar-refractivity contribution in [2.75, 3.05) is 11.6 Å². The smallest absolute Gasteiger partial charge is 0.274 e. The van der Waals surface area contributed by atoms with Crippen molar-refractivity contribution in [2.24, 2.45) is 5.10 Å². The topological polar surface area (TPSA) is 66.3 Å². The summed E-state index contributed by atoms with van der Waals surface area (Å²) in [6, 6.07) is 26.0. The van der Waals surface area contributed by atoms with Gasteiger partial charge in [0.2, 0.25) is 5.95 Å². The average Bonchev–Trinajstić information content (AvgIpc) is 3.41. The number of hydrazone groups is 1. The van der Waals surface area contributed by atoms with Crippen molar-refractivity contribution >= 4 is 23.3 Å². The molecule has 1 aliphatic rings. The number of benzene rings is 3. The predicted octanol–water partition coefficient (Wildman–Crippen LogP) is 4.59. The lowest BCUT2D eigenvalue weighted by molar-refractivity contribution is 0.654. The Balaban J connectivity index is 1.47. The minimum Gasteiger partial charge on any atom is -0.274 e. The van der Waals surface area contributed by atoms with Crippen LogP contribution >= 0.6 is 11.6 Å². The number of aromatic amines is 1. The molecule has 0 saturated heterocycles. The zero-order valence-electron chi connectivity index (χ0n) is 17.6. The highest BCUT2D eigenvalue weighted by molar-refractivity contribution is 6.30. The first-order chi connectivity index (χ1) is 15.6. The molecule has 1 aliphatic heterocycles. The lowest BCUT2D eigenvalue weighted by Crippen LogP contribution is -2.19. The maximum absolute atomic E-state index is 12.6. The van der Waals surface area contributed by atoms with Crippen LogP contribution in [0.15, 0.2) is 88.8 Å². The molecule has 5 rings (SSSR count). The number of nitrogens with zero attached hydrogens (tertiary/aromatic N) is 4. The van der Waals surface area contributed by atoms with Gasteiger partial charge in [-0.3, -0.25) is 4.98 Å². The van der Waals surface area contributed by atoms with Gasteiger partial charge in [0.1, 0.15) is 0 Å². The molecule has 4 aromatic rings. The molecule has 160 valence electrons. The fraction of sp³-hybridized carbons (Fsp3) is 0.160. The summed E-state index contributed by atoms with van der Waals surface area (Å²) < 4.78 is 1.44. The molecule has 6 nitrogen and oxygen atoms in total. The van der Waals surface area contributed by atoms with Crippen molar-refractivity contribution in [3.05, 3.63) is 117 Å². The number of rotatable bonds is 5. The van der Waals surface area contributed by atoms with Crippen LogP contribution in [0.5, 0.6) is 0 Å². The molecule has 0 amide bonds. The monoisotopic (exact) mass is 443 g/mol. The fourth-order valence-electron chi connectivity index (χ4n) is 3.90. The van der Waals surface area contributed by atoms with Gasteiger partial charge in [-0.2, -0.15) is 5.10 Å². The summed E-state index contributed by atoms with van der Waals surface area (Å²) in [4.78, 5) is 15.4. The minimum atomic E-state index is -0.257. The number of nitrogens with one attached hydrogen (secondary N) is 1. The van der Waals surface area contributed by atoms with Gasteiger partial charge in [0.25, 0.3) is 0 Å². The van der Waals surface area contributed by atoms with Crippen molar-refractivity contribution in [2.45, 2.75) is 19.4 Å². The summed E-state index contributed by atoms with van der Waals surface area (Å²) in [5, 5.41) is 11.8. The first-order valence-corrected chi connectivity index (χ1v) is 10.8. The second kappa shape index (κ2) is 8.48. The van der Waals surface area contributed by atoms with E-state index in [1.54, 1.807) is 5.01 Å². The summed E-state index contributed by atoms with van der Waals surface area (Å²) in [6.45, 7) is 3.02. The lowest BCUT2D eigenvalue weighted by atomic mass is 9.91. The van der Waals surface area contributed by atoms with E-state index in [1.165, 1.54) is 10.2 Å². The first-order valence-electron chi connectivity index (χ1n) is 10.5. The number of anilines is 1. The minimum absolute atomic E-state index is 0.0446. The number of hydrogen-bond acceptors (Lipinski definition) is 4. The average molecular weight is 444 g/mol. The second-order valence-electron chi connectivity index (χ2n) is 7.93. The van der Waals surface area contributed by atoms with Gasteiger partial charge in [-0.1, -0.05) is 83.9 Å². The van der Waals surface area contributed by atoms with E-state index >= 15 is 0 Å². The van der Waals surface area contributed by atoms with Crippen LogP contribution in [0.2, 0.25) is 5.02 Å². The number of aromatic nitrogens is 3. The Bertz CT molecular complexity index is 1310. The maximum Gasteiger partial charge on any atom is 0.345 e. The van der Waals surface area contributed by atoms with Gasteiger partial charge in [0.05, 0.1) is 18.8 Å². The van der Waals surface area contributed by atoms with Crippen LogP contribution in [0.3, 0.4) is 0 Å². The quantitative estimate of drug-likeness (QED) is 0.490. The Morgan fingerprint density at radius 1 is 1.00 bits per heavy atom. The van der Waals surface area contributed by atoms with Gasteiger partial charge >= 0.3 is 5.69 Å². The summed E-state index contributed by atoms with van der Waals surface area (Å²) in [7, 11) is 0. The zero-order chi connectivity index (χ0) is 22.1. The SMILES string of the molecule is Cc1ccc(Cn2nc(N3CC(c4ccccc4)C(c4ccc(Cl)cc4)=N3)[nH]c2=O)cc1. The number of H-pyrrole nitrogens is 1. The van der Waals surface area contributed by atoms with Crippen molar-refractivity contribution in [1.29, 1.82) is 0 Å². The highest BCUT2D eigenvalue weighted by Crippen LogP contribution is 2.30. The van der Waals surface area contributed by atoms with Gasteiger partial charge in [-0.25, -0.2) is 14.5 Å². The molecular formula is C25H22ClN5O. The van der Waals surface area contributed by atoms with E-state index in [1.807, 2.05) is 73.7 Å². The highest BCUT2D eigenvalue weighted by atomic mass is 35.5. The molecule has 0 spiro atoms. The predicted molar refractivity (Wildman–Crippen MR) is 128 cm³/mol. The van der Waals surface area contributed by atoms with E-state index in [2.05, 4.69) is 22.2 Å². The van der Waals surface area contributed by atoms with Crippen molar-refractivity contribution in [3.8, 4) is 0 Å². The molecule has 1 atom stereocenters. The lowest BCUT2D eigenvalue weighted by Gasteiger charge is -2.14. The molecule has 0 bridgehead atoms. The van der Waals surface area contributed by atoms with Crippen LogP contribution in [0.1, 0.15) is 28.2 Å². The molecule has 3 aromatic carbocycles. The number of halogens is 1. The van der Waals surface area contributed by atoms with E-state index in [4.69, 9.17) is 16.7 Å². The summed E-state index contributed by atoms with van der Waals surface area (Å²) in [5.74, 6) is 0.482. The number of aryl methyl sites for hydroxylation is 1. The van der Waals surface area contributed by atoms with Gasteiger partial charge < -0.3 is 0 Å². The Morgan fingerprint density at radius 2 is 1.72 bits per heavy atom. The molecule has 2 heterocycles. The van der Waals surface area contributed by atoms with Crippen LogP contribution in [0, 0.1) is 6.92 Å². The van der Waals surface area contributed by atoms with Crippen LogP contribution in [-0.2, 0) is 6.54 Å². The molecule has 32 heavy (non-hydrogen) atoms. The Hall–Kier alpha value is -3.64. The molecule has 1 unspecified atom stereocenters. The standard InChI is InChI=1S/C25H22ClN5O/c1-17-7-9-18(10-8-17)15-31-25(32)27-24(29-31)30-16-22(19-5-3-2-4-6-19)23(28-30)20-11-13-21(26)14-12-20/h2-14,22H,15-16H2,1H3,(H,27,29,32). The van der Waals surface area contributed by atoms with E-state index in [0.29, 0.717) is 24.1 Å². The van der Waals surface area contributed by atoms with Gasteiger partial charge in [-0.15, -0.1) is 5.10 Å². The molecule has 0 fully saturated rings. The fourth-order valence-corrected chi connectivity index (χ4v) is 4.02. The van der Waals surface area contributed by atoms with Gasteiger partial charge in [0, 0.05) is 10.9 Å². The zero-order valence-corrected chi connectivity index (χ0v) is 18.3. The van der Waals surface area contributed by atoms with E-state index < -0.39 is 0 Å². The van der Waals surface area contributed by atoms with E-state index in [0.717, 1.165) is 22.4 Å². The summed E-state index contributed by atoms with van der Waals surface area (Å²) >= 11 is 6.09. The number of hydrogen-bond donors (Lipinski definition) is 1. The molecule has 0 aliphatic carbocycles. The van der Waals surface area contributed by atoms with E-state index in [-0.39, 0.29) is 11.6 Å². The normalized spacial score (nSPS) is 15.8. The molecule has 1 aromatic heterocycles. The molecule has 0 saturated carbocycles. The molecule has 1 N–H and O–H groups in total. The molecule has 0 radical (unpaired) electrons. The van der Waals surface area contributed by atoms with Gasteiger partial charge in [-0.05, 0) is 35.7 Å². The highest BCUT2D eigenvalue weighted by Gasteiger charge is 2.31. The van der Waals surface area contributed by atoms with Gasteiger partial charge in [0.15, 0.2) is 0 Å². The maximum atomic E-state index is 12.6. The van der Waals surface area contributed by atoms with Crippen molar-refractivity contribution in [1.82, 2.24) is 14.8 Å². The third-order valence-corrected chi connectivity index (χ3v) is 5.87. The Morgan fingerprint density at radius 3 is 2.44 bits per heavy atom. The first kappa shape index (κ1) is 20.3. The van der Waals surface area contributed by atoms with Crippen molar-refractivity contribution in [3.63, 3.8) is 0 Å². The van der Waals surface area contributed by atoms with Crippen LogP contribution in [0.4, 0.5) is 5.95 Å². The Labute approximate surface area is 190 Å². The summed E-state index contributed by atoms with van der Waals surface area (Å²) in [6.07, 6.45) is 0. The Kier molecular flexibility index (Phi) is 5.37. The molecular weight excluding hydrogens is 422 g/mol. The second-order valence-corrected chi connectivity index (χ2v) is 8.37.